The summed E-state index contributed by atoms with van der Waals surface area (Å²) in [5.41, 5.74) is -0.678. The van der Waals surface area contributed by atoms with Gasteiger partial charge in [0.15, 0.2) is 23.2 Å². The zero-order chi connectivity index (χ0) is 21.1. The Hall–Kier alpha value is -3.11. The van der Waals surface area contributed by atoms with E-state index in [1.807, 2.05) is 4.90 Å². The lowest BCUT2D eigenvalue weighted by Gasteiger charge is -2.19. The van der Waals surface area contributed by atoms with E-state index in [1.54, 1.807) is 19.0 Å². The monoisotopic (exact) mass is 410 g/mol. The Morgan fingerprint density at radius 2 is 1.86 bits per heavy atom. The Balaban J connectivity index is 1.82. The van der Waals surface area contributed by atoms with Crippen LogP contribution in [0, 0.1) is 17.5 Å². The van der Waals surface area contributed by atoms with Crippen molar-refractivity contribution in [2.45, 2.75) is 19.4 Å². The number of halogens is 3. The van der Waals surface area contributed by atoms with Crippen molar-refractivity contribution in [2.24, 2.45) is 0 Å². The van der Waals surface area contributed by atoms with E-state index in [4.69, 9.17) is 0 Å². The Labute approximate surface area is 165 Å². The van der Waals surface area contributed by atoms with E-state index in [2.05, 4.69) is 25.0 Å². The number of carbonyl (C=O) groups excluding carboxylic acids is 1. The molecule has 0 radical (unpaired) electrons. The molecule has 0 spiro atoms. The van der Waals surface area contributed by atoms with Gasteiger partial charge in [-0.2, -0.15) is 19.3 Å². The van der Waals surface area contributed by atoms with E-state index in [-0.39, 0.29) is 12.4 Å². The second kappa shape index (κ2) is 8.50. The number of methoxy groups -OCH3 is 1. The minimum Gasteiger partial charge on any atom is -0.491 e. The highest BCUT2D eigenvalue weighted by molar-refractivity contribution is 5.94. The fourth-order valence-electron chi connectivity index (χ4n) is 2.91. The predicted molar refractivity (Wildman–Crippen MR) is 99.6 cm³/mol. The summed E-state index contributed by atoms with van der Waals surface area (Å²) in [5, 5.41) is 2.42. The van der Waals surface area contributed by atoms with Crippen LogP contribution >= 0.6 is 0 Å². The topological polar surface area (TPSA) is 83.5 Å². The van der Waals surface area contributed by atoms with Gasteiger partial charge in [-0.1, -0.05) is 0 Å². The highest BCUT2D eigenvalue weighted by atomic mass is 19.2. The number of carbonyl (C=O) groups is 1. The van der Waals surface area contributed by atoms with E-state index < -0.39 is 34.7 Å². The molecule has 0 saturated carbocycles. The second-order valence-corrected chi connectivity index (χ2v) is 6.69. The van der Waals surface area contributed by atoms with Crippen LogP contribution in [0.5, 0.6) is 5.75 Å². The van der Waals surface area contributed by atoms with Crippen molar-refractivity contribution < 1.29 is 22.7 Å². The number of benzene rings is 1. The van der Waals surface area contributed by atoms with Crippen molar-refractivity contribution in [3.05, 3.63) is 34.9 Å². The zero-order valence-corrected chi connectivity index (χ0v) is 16.3. The van der Waals surface area contributed by atoms with Crippen LogP contribution in [0.1, 0.15) is 29.0 Å². The van der Waals surface area contributed by atoms with Crippen LogP contribution in [0.15, 0.2) is 6.07 Å². The lowest BCUT2D eigenvalue weighted by molar-refractivity contribution is 0.0944. The van der Waals surface area contributed by atoms with E-state index >= 15 is 0 Å². The molecular weight excluding hydrogens is 389 g/mol. The van der Waals surface area contributed by atoms with Crippen LogP contribution in [0.2, 0.25) is 0 Å². The first-order chi connectivity index (χ1) is 13.8. The normalized spacial score (nSPS) is 13.5. The molecule has 1 aromatic carbocycles. The Morgan fingerprint density at radius 1 is 1.17 bits per heavy atom. The predicted octanol–water partition coefficient (Wildman–Crippen LogP) is 1.89. The molecule has 1 fully saturated rings. The molecule has 3 rings (SSSR count). The lowest BCUT2D eigenvalue weighted by Crippen LogP contribution is -2.28. The van der Waals surface area contributed by atoms with E-state index in [0.29, 0.717) is 18.0 Å². The molecule has 2 heterocycles. The fraction of sp³-hybridized carbons (Fsp3) is 0.444. The zero-order valence-electron chi connectivity index (χ0n) is 16.3. The average molecular weight is 410 g/mol. The maximum Gasteiger partial charge on any atom is 0.254 e. The summed E-state index contributed by atoms with van der Waals surface area (Å²) in [7, 11) is 4.53. The highest BCUT2D eigenvalue weighted by Gasteiger charge is 2.24. The molecule has 1 saturated heterocycles. The Bertz CT molecular complexity index is 919. The summed E-state index contributed by atoms with van der Waals surface area (Å²) in [5.74, 6) is -4.92. The van der Waals surface area contributed by atoms with Crippen LogP contribution in [0.4, 0.5) is 25.1 Å². The van der Waals surface area contributed by atoms with Crippen LogP contribution in [0.3, 0.4) is 0 Å². The number of hydrogen-bond donors (Lipinski definition) is 1. The Kier molecular flexibility index (Phi) is 6.04. The van der Waals surface area contributed by atoms with Gasteiger partial charge in [-0.25, -0.2) is 8.78 Å². The van der Waals surface area contributed by atoms with Crippen molar-refractivity contribution in [3.8, 4) is 5.75 Å². The first kappa shape index (κ1) is 20.6. The van der Waals surface area contributed by atoms with Gasteiger partial charge < -0.3 is 19.9 Å². The number of anilines is 2. The molecule has 1 aliphatic rings. The number of nitrogens with zero attached hydrogens (tertiary/aromatic N) is 5. The van der Waals surface area contributed by atoms with Crippen LogP contribution in [-0.4, -0.2) is 55.2 Å². The Morgan fingerprint density at radius 3 is 2.48 bits per heavy atom. The molecule has 1 amide bonds. The van der Waals surface area contributed by atoms with Gasteiger partial charge in [0.05, 0.1) is 19.2 Å². The SMILES string of the molecule is COc1c(F)c(F)cc(C(=O)NCc2nc(N(C)C)nc(N3CCCC3)n2)c1F. The molecule has 2 aromatic rings. The second-order valence-electron chi connectivity index (χ2n) is 6.69. The van der Waals surface area contributed by atoms with Crippen molar-refractivity contribution >= 4 is 17.8 Å². The smallest absolute Gasteiger partial charge is 0.254 e. The quantitative estimate of drug-likeness (QED) is 0.728. The van der Waals surface area contributed by atoms with Gasteiger partial charge in [-0.15, -0.1) is 0 Å². The molecule has 0 unspecified atom stereocenters. The van der Waals surface area contributed by atoms with Crippen molar-refractivity contribution in [3.63, 3.8) is 0 Å². The average Bonchev–Trinajstić information content (AvgIpc) is 3.24. The summed E-state index contributed by atoms with van der Waals surface area (Å²) >= 11 is 0. The van der Waals surface area contributed by atoms with Gasteiger partial charge in [-0.05, 0) is 18.9 Å². The maximum absolute atomic E-state index is 14.3. The third-order valence-corrected chi connectivity index (χ3v) is 4.42. The van der Waals surface area contributed by atoms with Crippen LogP contribution in [-0.2, 0) is 6.54 Å². The first-order valence-electron chi connectivity index (χ1n) is 8.98. The molecule has 1 aromatic heterocycles. The molecule has 1 N–H and O–H groups in total. The number of amides is 1. The van der Waals surface area contributed by atoms with Gasteiger partial charge in [0, 0.05) is 27.2 Å². The number of rotatable bonds is 6. The van der Waals surface area contributed by atoms with Gasteiger partial charge in [0.1, 0.15) is 0 Å². The van der Waals surface area contributed by atoms with Gasteiger partial charge in [0.2, 0.25) is 17.7 Å². The summed E-state index contributed by atoms with van der Waals surface area (Å²) in [6, 6.07) is 0.483. The maximum atomic E-state index is 14.3. The van der Waals surface area contributed by atoms with Crippen LogP contribution in [0.25, 0.3) is 0 Å². The fourth-order valence-corrected chi connectivity index (χ4v) is 2.91. The number of nitrogens with one attached hydrogen (secondary N) is 1. The molecule has 0 aliphatic carbocycles. The minimum atomic E-state index is -1.50. The molecule has 0 atom stereocenters. The molecule has 0 bridgehead atoms. The third kappa shape index (κ3) is 4.33. The van der Waals surface area contributed by atoms with Gasteiger partial charge in [-0.3, -0.25) is 4.79 Å². The van der Waals surface area contributed by atoms with Crippen molar-refractivity contribution in [2.75, 3.05) is 44.1 Å². The van der Waals surface area contributed by atoms with Crippen LogP contribution < -0.4 is 19.9 Å². The molecule has 8 nitrogen and oxygen atoms in total. The summed E-state index contributed by atoms with van der Waals surface area (Å²) in [6.07, 6.45) is 2.07. The summed E-state index contributed by atoms with van der Waals surface area (Å²) in [4.78, 5) is 29.1. The van der Waals surface area contributed by atoms with Crippen molar-refractivity contribution in [1.29, 1.82) is 0 Å². The standard InChI is InChI=1S/C18H21F3N6O2/c1-26(2)17-23-12(24-18(25-17)27-6-4-5-7-27)9-22-16(28)10-8-11(19)14(21)15(29-3)13(10)20/h8H,4-7,9H2,1-3H3,(H,22,28). The van der Waals surface area contributed by atoms with E-state index in [9.17, 15) is 18.0 Å². The number of hydrogen-bond acceptors (Lipinski definition) is 7. The summed E-state index contributed by atoms with van der Waals surface area (Å²) in [6.45, 7) is 1.49. The molecular formula is C18H21F3N6O2. The highest BCUT2D eigenvalue weighted by Crippen LogP contribution is 2.27. The number of aromatic nitrogens is 3. The third-order valence-electron chi connectivity index (χ3n) is 4.42. The van der Waals surface area contributed by atoms with Crippen molar-refractivity contribution in [1.82, 2.24) is 20.3 Å². The molecule has 1 aliphatic heterocycles. The van der Waals surface area contributed by atoms with E-state index in [0.717, 1.165) is 33.0 Å². The largest absolute Gasteiger partial charge is 0.491 e. The molecule has 11 heteroatoms. The lowest BCUT2D eigenvalue weighted by atomic mass is 10.1. The van der Waals surface area contributed by atoms with Gasteiger partial charge >= 0.3 is 0 Å². The molecule has 156 valence electrons. The van der Waals surface area contributed by atoms with E-state index in [1.165, 1.54) is 0 Å². The molecule has 29 heavy (non-hydrogen) atoms. The van der Waals surface area contributed by atoms with Gasteiger partial charge in [0.25, 0.3) is 5.91 Å². The number of ether oxygens (including phenoxy) is 1. The summed E-state index contributed by atoms with van der Waals surface area (Å²) < 4.78 is 46.0. The minimum absolute atomic E-state index is 0.149. The first-order valence-corrected chi connectivity index (χ1v) is 8.98.